The summed E-state index contributed by atoms with van der Waals surface area (Å²) in [7, 11) is 0. The number of rotatable bonds is 6. The smallest absolute Gasteiger partial charge is 0.341 e. The first-order valence-electron chi connectivity index (χ1n) is 7.79. The van der Waals surface area contributed by atoms with Crippen LogP contribution in [0.15, 0.2) is 0 Å². The molecule has 132 valence electrons. The lowest BCUT2D eigenvalue weighted by atomic mass is 10.1. The van der Waals surface area contributed by atoms with E-state index in [0.717, 1.165) is 16.9 Å². The Morgan fingerprint density at radius 1 is 1.29 bits per heavy atom. The number of esters is 2. The molecule has 0 radical (unpaired) electrons. The molecule has 2 heterocycles. The van der Waals surface area contributed by atoms with E-state index in [1.54, 1.807) is 13.8 Å². The topological polar surface area (TPSA) is 90.9 Å². The first-order valence-corrected chi connectivity index (χ1v) is 8.60. The van der Waals surface area contributed by atoms with Gasteiger partial charge in [-0.05, 0) is 39.2 Å². The van der Waals surface area contributed by atoms with Crippen molar-refractivity contribution in [1.82, 2.24) is 0 Å². The molecule has 1 saturated heterocycles. The molecule has 8 heteroatoms. The fourth-order valence-corrected chi connectivity index (χ4v) is 3.38. The number of anilines is 1. The molecule has 1 amide bonds. The lowest BCUT2D eigenvalue weighted by Crippen LogP contribution is -2.27. The number of nitrogens with one attached hydrogen (secondary N) is 1. The van der Waals surface area contributed by atoms with Gasteiger partial charge in [-0.15, -0.1) is 11.3 Å². The van der Waals surface area contributed by atoms with Gasteiger partial charge in [-0.25, -0.2) is 9.59 Å². The molecular weight excluding hydrogens is 334 g/mol. The first kappa shape index (κ1) is 18.4. The fourth-order valence-electron chi connectivity index (χ4n) is 2.32. The van der Waals surface area contributed by atoms with Crippen molar-refractivity contribution in [1.29, 1.82) is 0 Å². The van der Waals surface area contributed by atoms with E-state index in [0.29, 0.717) is 23.6 Å². The monoisotopic (exact) mass is 355 g/mol. The Balaban J connectivity index is 1.97. The van der Waals surface area contributed by atoms with Gasteiger partial charge in [-0.3, -0.25) is 4.79 Å². The zero-order valence-corrected chi connectivity index (χ0v) is 14.8. The van der Waals surface area contributed by atoms with Crippen molar-refractivity contribution >= 4 is 34.2 Å². The fraction of sp³-hybridized carbons (Fsp3) is 0.562. The predicted octanol–water partition coefficient (Wildman–Crippen LogP) is 2.20. The van der Waals surface area contributed by atoms with Crippen LogP contribution >= 0.6 is 11.3 Å². The zero-order chi connectivity index (χ0) is 17.7. The van der Waals surface area contributed by atoms with Crippen molar-refractivity contribution in [2.75, 3.05) is 25.1 Å². The maximum absolute atomic E-state index is 12.1. The Kier molecular flexibility index (Phi) is 6.33. The summed E-state index contributed by atoms with van der Waals surface area (Å²) in [6, 6.07) is 0. The number of hydrogen-bond donors (Lipinski definition) is 1. The van der Waals surface area contributed by atoms with Gasteiger partial charge in [0.1, 0.15) is 5.00 Å². The average Bonchev–Trinajstić information content (AvgIpc) is 3.15. The van der Waals surface area contributed by atoms with Crippen LogP contribution < -0.4 is 5.32 Å². The highest BCUT2D eigenvalue weighted by Gasteiger charge is 2.26. The zero-order valence-electron chi connectivity index (χ0n) is 14.0. The van der Waals surface area contributed by atoms with Gasteiger partial charge in [0.15, 0.2) is 12.7 Å². The van der Waals surface area contributed by atoms with Crippen LogP contribution in [0.1, 0.15) is 40.6 Å². The maximum Gasteiger partial charge on any atom is 0.341 e. The molecular formula is C16H21NO6S. The molecule has 0 bridgehead atoms. The molecule has 0 aromatic carbocycles. The summed E-state index contributed by atoms with van der Waals surface area (Å²) in [6.07, 6.45) is 0.832. The van der Waals surface area contributed by atoms with Crippen LogP contribution in [0, 0.1) is 13.8 Å². The quantitative estimate of drug-likeness (QED) is 0.787. The van der Waals surface area contributed by atoms with E-state index in [-0.39, 0.29) is 6.61 Å². The molecule has 0 aliphatic carbocycles. The number of carbonyl (C=O) groups excluding carboxylic acids is 3. The van der Waals surface area contributed by atoms with Crippen LogP contribution in [-0.4, -0.2) is 43.8 Å². The third kappa shape index (κ3) is 4.33. The van der Waals surface area contributed by atoms with Crippen molar-refractivity contribution in [2.45, 2.75) is 39.7 Å². The van der Waals surface area contributed by atoms with Gasteiger partial charge < -0.3 is 19.5 Å². The number of amides is 1. The Morgan fingerprint density at radius 2 is 2.04 bits per heavy atom. The number of thiophene rings is 1. The van der Waals surface area contributed by atoms with Crippen molar-refractivity contribution in [3.05, 3.63) is 16.0 Å². The van der Waals surface area contributed by atoms with Crippen molar-refractivity contribution in [2.24, 2.45) is 0 Å². The Bertz CT molecular complexity index is 633. The number of hydrogen-bond acceptors (Lipinski definition) is 7. The van der Waals surface area contributed by atoms with Crippen molar-refractivity contribution in [3.8, 4) is 0 Å². The molecule has 1 fully saturated rings. The third-order valence-electron chi connectivity index (χ3n) is 3.66. The second kappa shape index (κ2) is 8.25. The standard InChI is InChI=1S/C16H21NO6S/c1-4-21-16(20)13-9(2)10(3)24-14(13)17-12(18)8-23-15(19)11-6-5-7-22-11/h11H,4-8H2,1-3H3,(H,17,18). The lowest BCUT2D eigenvalue weighted by molar-refractivity contribution is -0.156. The Labute approximate surface area is 144 Å². The molecule has 1 aliphatic rings. The van der Waals surface area contributed by atoms with Gasteiger partial charge in [0.05, 0.1) is 12.2 Å². The summed E-state index contributed by atoms with van der Waals surface area (Å²) in [5, 5.41) is 3.02. The second-order valence-corrected chi connectivity index (χ2v) is 6.59. The molecule has 1 N–H and O–H groups in total. The summed E-state index contributed by atoms with van der Waals surface area (Å²) in [5.74, 6) is -1.52. The molecule has 2 rings (SSSR count). The van der Waals surface area contributed by atoms with E-state index >= 15 is 0 Å². The van der Waals surface area contributed by atoms with E-state index in [9.17, 15) is 14.4 Å². The molecule has 0 spiro atoms. The molecule has 24 heavy (non-hydrogen) atoms. The van der Waals surface area contributed by atoms with Crippen LogP contribution in [0.4, 0.5) is 5.00 Å². The van der Waals surface area contributed by atoms with E-state index in [2.05, 4.69) is 5.32 Å². The Hall–Kier alpha value is -1.93. The maximum atomic E-state index is 12.1. The molecule has 1 atom stereocenters. The molecule has 1 aromatic rings. The normalized spacial score (nSPS) is 16.7. The minimum absolute atomic E-state index is 0.250. The van der Waals surface area contributed by atoms with Gasteiger partial charge in [-0.2, -0.15) is 0 Å². The van der Waals surface area contributed by atoms with Gasteiger partial charge in [-0.1, -0.05) is 0 Å². The molecule has 7 nitrogen and oxygen atoms in total. The van der Waals surface area contributed by atoms with Crippen LogP contribution in [-0.2, 0) is 23.8 Å². The largest absolute Gasteiger partial charge is 0.462 e. The van der Waals surface area contributed by atoms with Crippen LogP contribution in [0.2, 0.25) is 0 Å². The highest BCUT2D eigenvalue weighted by molar-refractivity contribution is 7.16. The van der Waals surface area contributed by atoms with Gasteiger partial charge >= 0.3 is 11.9 Å². The van der Waals surface area contributed by atoms with E-state index in [1.165, 1.54) is 11.3 Å². The minimum atomic E-state index is -0.584. The Morgan fingerprint density at radius 3 is 2.67 bits per heavy atom. The molecule has 1 aromatic heterocycles. The van der Waals surface area contributed by atoms with E-state index < -0.39 is 30.6 Å². The van der Waals surface area contributed by atoms with Crippen LogP contribution in [0.5, 0.6) is 0 Å². The summed E-state index contributed by atoms with van der Waals surface area (Å²) >= 11 is 1.29. The van der Waals surface area contributed by atoms with E-state index in [4.69, 9.17) is 14.2 Å². The first-order chi connectivity index (χ1) is 11.4. The average molecular weight is 355 g/mol. The van der Waals surface area contributed by atoms with E-state index in [1.807, 2.05) is 6.92 Å². The molecule has 1 unspecified atom stereocenters. The molecule has 0 saturated carbocycles. The minimum Gasteiger partial charge on any atom is -0.462 e. The number of carbonyl (C=O) groups is 3. The van der Waals surface area contributed by atoms with Crippen molar-refractivity contribution < 1.29 is 28.6 Å². The van der Waals surface area contributed by atoms with Crippen LogP contribution in [0.3, 0.4) is 0 Å². The second-order valence-electron chi connectivity index (χ2n) is 5.37. The predicted molar refractivity (Wildman–Crippen MR) is 88.3 cm³/mol. The highest BCUT2D eigenvalue weighted by Crippen LogP contribution is 2.33. The molecule has 1 aliphatic heterocycles. The third-order valence-corrected chi connectivity index (χ3v) is 4.78. The SMILES string of the molecule is CCOC(=O)c1c(NC(=O)COC(=O)C2CCCO2)sc(C)c1C. The van der Waals surface area contributed by atoms with Crippen LogP contribution in [0.25, 0.3) is 0 Å². The lowest BCUT2D eigenvalue weighted by Gasteiger charge is -2.10. The number of aryl methyl sites for hydroxylation is 1. The number of ether oxygens (including phenoxy) is 3. The van der Waals surface area contributed by atoms with Gasteiger partial charge in [0.2, 0.25) is 0 Å². The van der Waals surface area contributed by atoms with Crippen molar-refractivity contribution in [3.63, 3.8) is 0 Å². The summed E-state index contributed by atoms with van der Waals surface area (Å²) in [5.41, 5.74) is 1.11. The highest BCUT2D eigenvalue weighted by atomic mass is 32.1. The van der Waals surface area contributed by atoms with Gasteiger partial charge in [0, 0.05) is 11.5 Å². The summed E-state index contributed by atoms with van der Waals surface area (Å²) < 4.78 is 15.2. The van der Waals surface area contributed by atoms with Gasteiger partial charge in [0.25, 0.3) is 5.91 Å². The summed E-state index contributed by atoms with van der Waals surface area (Å²) in [4.78, 5) is 36.7. The summed E-state index contributed by atoms with van der Waals surface area (Å²) in [6.45, 7) is 5.73.